The second-order valence-corrected chi connectivity index (χ2v) is 9.89. The molecule has 2 N–H and O–H groups in total. The Hall–Kier alpha value is -3.55. The zero-order valence-corrected chi connectivity index (χ0v) is 20.1. The highest BCUT2D eigenvalue weighted by molar-refractivity contribution is 6.09. The molecule has 3 aliphatic rings. The van der Waals surface area contributed by atoms with Crippen LogP contribution < -0.4 is 20.1 Å². The molecule has 1 fully saturated rings. The van der Waals surface area contributed by atoms with Gasteiger partial charge in [-0.25, -0.2) is 4.79 Å². The van der Waals surface area contributed by atoms with E-state index in [-0.39, 0.29) is 30.3 Å². The zero-order valence-electron chi connectivity index (χ0n) is 20.1. The van der Waals surface area contributed by atoms with Crippen molar-refractivity contribution in [3.05, 3.63) is 59.2 Å². The van der Waals surface area contributed by atoms with E-state index < -0.39 is 11.6 Å². The second-order valence-electron chi connectivity index (χ2n) is 9.89. The zero-order chi connectivity index (χ0) is 24.6. The summed E-state index contributed by atoms with van der Waals surface area (Å²) in [6.07, 6.45) is 2.49. The number of hydrogen-bond acceptors (Lipinski definition) is 5. The Bertz CT molecular complexity index is 1160. The van der Waals surface area contributed by atoms with Crippen LogP contribution in [0.5, 0.6) is 11.5 Å². The third-order valence-electron chi connectivity index (χ3n) is 7.09. The van der Waals surface area contributed by atoms with Crippen molar-refractivity contribution in [3.8, 4) is 11.5 Å². The van der Waals surface area contributed by atoms with Crippen LogP contribution in [0.4, 0.5) is 4.79 Å². The Morgan fingerprint density at radius 1 is 1.09 bits per heavy atom. The maximum absolute atomic E-state index is 13.4. The highest BCUT2D eigenvalue weighted by Crippen LogP contribution is 2.35. The lowest BCUT2D eigenvalue weighted by atomic mass is 9.78. The molecule has 4 amide bonds. The first-order chi connectivity index (χ1) is 16.9. The Morgan fingerprint density at radius 3 is 2.60 bits per heavy atom. The number of aryl methyl sites for hydroxylation is 1. The first-order valence-corrected chi connectivity index (χ1v) is 12.3. The van der Waals surface area contributed by atoms with Gasteiger partial charge in [-0.15, -0.1) is 0 Å². The average Bonchev–Trinajstić information content (AvgIpc) is 3.00. The largest absolute Gasteiger partial charge is 0.490 e. The van der Waals surface area contributed by atoms with E-state index in [0.717, 1.165) is 22.4 Å². The molecule has 1 aliphatic carbocycles. The number of carbonyl (C=O) groups excluding carboxylic acids is 3. The average molecular weight is 478 g/mol. The standard InChI is InChI=1S/C27H31N3O5/c1-17(2)24(19-8-9-21-22(14-19)35-13-5-12-34-21)28-23(31)16-30-25(32)27(29-26(30)33)11-10-18-6-3-4-7-20(18)15-27/h3-4,6-9,14,17,24H,5,10-13,15-16H2,1-2H3,(H,28,31)(H,29,33). The van der Waals surface area contributed by atoms with Crippen molar-refractivity contribution in [1.82, 2.24) is 15.5 Å². The number of hydrogen-bond donors (Lipinski definition) is 2. The number of nitrogens with one attached hydrogen (secondary N) is 2. The summed E-state index contributed by atoms with van der Waals surface area (Å²) in [5.74, 6) is 0.719. The number of benzene rings is 2. The fourth-order valence-electron chi connectivity index (χ4n) is 5.22. The van der Waals surface area contributed by atoms with Gasteiger partial charge in [0.05, 0.1) is 19.3 Å². The Kier molecular flexibility index (Phi) is 6.13. The molecule has 8 heteroatoms. The highest BCUT2D eigenvalue weighted by Gasteiger charge is 2.52. The van der Waals surface area contributed by atoms with Crippen LogP contribution in [0.1, 0.15) is 49.4 Å². The lowest BCUT2D eigenvalue weighted by Crippen LogP contribution is -2.51. The molecule has 35 heavy (non-hydrogen) atoms. The molecule has 1 saturated heterocycles. The van der Waals surface area contributed by atoms with Crippen molar-refractivity contribution in [2.24, 2.45) is 5.92 Å². The van der Waals surface area contributed by atoms with Crippen LogP contribution in [0.3, 0.4) is 0 Å². The molecule has 2 aromatic carbocycles. The molecule has 0 aromatic heterocycles. The van der Waals surface area contributed by atoms with Gasteiger partial charge in [-0.05, 0) is 47.6 Å². The highest BCUT2D eigenvalue weighted by atomic mass is 16.5. The van der Waals surface area contributed by atoms with Gasteiger partial charge < -0.3 is 20.1 Å². The van der Waals surface area contributed by atoms with Gasteiger partial charge in [-0.3, -0.25) is 14.5 Å². The topological polar surface area (TPSA) is 97.0 Å². The van der Waals surface area contributed by atoms with E-state index in [0.29, 0.717) is 44.0 Å². The van der Waals surface area contributed by atoms with E-state index in [1.807, 2.05) is 50.2 Å². The van der Waals surface area contributed by atoms with Gasteiger partial charge in [0, 0.05) is 12.8 Å². The maximum atomic E-state index is 13.4. The summed E-state index contributed by atoms with van der Waals surface area (Å²) in [5, 5.41) is 5.91. The van der Waals surface area contributed by atoms with Crippen molar-refractivity contribution < 1.29 is 23.9 Å². The molecule has 1 spiro atoms. The quantitative estimate of drug-likeness (QED) is 0.645. The second kappa shape index (κ2) is 9.24. The van der Waals surface area contributed by atoms with Crippen LogP contribution in [0.25, 0.3) is 0 Å². The van der Waals surface area contributed by atoms with Gasteiger partial charge in [0.25, 0.3) is 5.91 Å². The van der Waals surface area contributed by atoms with Crippen LogP contribution in [0, 0.1) is 5.92 Å². The minimum absolute atomic E-state index is 0.0768. The number of rotatable bonds is 5. The van der Waals surface area contributed by atoms with E-state index in [1.54, 1.807) is 0 Å². The van der Waals surface area contributed by atoms with E-state index in [2.05, 4.69) is 16.7 Å². The summed E-state index contributed by atoms with van der Waals surface area (Å²) >= 11 is 0. The molecule has 2 unspecified atom stereocenters. The van der Waals surface area contributed by atoms with Gasteiger partial charge in [0.2, 0.25) is 5.91 Å². The summed E-state index contributed by atoms with van der Waals surface area (Å²) in [6.45, 7) is 4.89. The molecule has 0 radical (unpaired) electrons. The van der Waals surface area contributed by atoms with Crippen LogP contribution in [-0.2, 0) is 22.4 Å². The van der Waals surface area contributed by atoms with Crippen molar-refractivity contribution in [1.29, 1.82) is 0 Å². The summed E-state index contributed by atoms with van der Waals surface area (Å²) < 4.78 is 11.5. The number of urea groups is 1. The first kappa shape index (κ1) is 23.2. The fourth-order valence-corrected chi connectivity index (χ4v) is 5.22. The van der Waals surface area contributed by atoms with Crippen LogP contribution in [0.15, 0.2) is 42.5 Å². The molecule has 2 aliphatic heterocycles. The molecule has 2 heterocycles. The number of nitrogens with zero attached hydrogens (tertiary/aromatic N) is 1. The van der Waals surface area contributed by atoms with Gasteiger partial charge in [-0.1, -0.05) is 44.2 Å². The Labute approximate surface area is 205 Å². The van der Waals surface area contributed by atoms with Crippen LogP contribution >= 0.6 is 0 Å². The third kappa shape index (κ3) is 4.45. The van der Waals surface area contributed by atoms with E-state index in [1.165, 1.54) is 5.56 Å². The van der Waals surface area contributed by atoms with Gasteiger partial charge in [0.1, 0.15) is 12.1 Å². The van der Waals surface area contributed by atoms with Crippen molar-refractivity contribution in [2.75, 3.05) is 19.8 Å². The fraction of sp³-hybridized carbons (Fsp3) is 0.444. The van der Waals surface area contributed by atoms with Gasteiger partial charge in [-0.2, -0.15) is 0 Å². The normalized spacial score (nSPS) is 22.0. The molecule has 5 rings (SSSR count). The maximum Gasteiger partial charge on any atom is 0.325 e. The van der Waals surface area contributed by atoms with E-state index in [4.69, 9.17) is 9.47 Å². The number of fused-ring (bicyclic) bond motifs is 2. The molecule has 2 aromatic rings. The molecule has 8 nitrogen and oxygen atoms in total. The monoisotopic (exact) mass is 477 g/mol. The summed E-state index contributed by atoms with van der Waals surface area (Å²) in [7, 11) is 0. The minimum Gasteiger partial charge on any atom is -0.490 e. The number of amides is 4. The minimum atomic E-state index is -0.975. The number of imide groups is 1. The summed E-state index contributed by atoms with van der Waals surface area (Å²) in [5.41, 5.74) is 2.17. The van der Waals surface area contributed by atoms with Gasteiger partial charge >= 0.3 is 6.03 Å². The third-order valence-corrected chi connectivity index (χ3v) is 7.09. The molecule has 0 bridgehead atoms. The molecular formula is C27H31N3O5. The van der Waals surface area contributed by atoms with Gasteiger partial charge in [0.15, 0.2) is 11.5 Å². The summed E-state index contributed by atoms with van der Waals surface area (Å²) in [6, 6.07) is 12.8. The lowest BCUT2D eigenvalue weighted by molar-refractivity contribution is -0.135. The molecule has 0 saturated carbocycles. The van der Waals surface area contributed by atoms with Crippen molar-refractivity contribution >= 4 is 17.8 Å². The summed E-state index contributed by atoms with van der Waals surface area (Å²) in [4.78, 5) is 40.2. The van der Waals surface area contributed by atoms with Crippen LogP contribution in [0.2, 0.25) is 0 Å². The predicted octanol–water partition coefficient (Wildman–Crippen LogP) is 3.14. The molecule has 2 atom stereocenters. The molecule has 184 valence electrons. The number of ether oxygens (including phenoxy) is 2. The lowest BCUT2D eigenvalue weighted by Gasteiger charge is -2.32. The number of carbonyl (C=O) groups is 3. The van der Waals surface area contributed by atoms with E-state index in [9.17, 15) is 14.4 Å². The van der Waals surface area contributed by atoms with E-state index >= 15 is 0 Å². The molecular weight excluding hydrogens is 446 g/mol. The SMILES string of the molecule is CC(C)C(NC(=O)CN1C(=O)NC2(CCc3ccccc3C2)C1=O)c1ccc2c(c1)OCCCO2. The Morgan fingerprint density at radius 2 is 1.83 bits per heavy atom. The van der Waals surface area contributed by atoms with Crippen molar-refractivity contribution in [2.45, 2.75) is 51.1 Å². The van der Waals surface area contributed by atoms with Crippen molar-refractivity contribution in [3.63, 3.8) is 0 Å². The van der Waals surface area contributed by atoms with Crippen LogP contribution in [-0.4, -0.2) is 48.0 Å². The smallest absolute Gasteiger partial charge is 0.325 e. The first-order valence-electron chi connectivity index (χ1n) is 12.3. The Balaban J connectivity index is 1.29. The predicted molar refractivity (Wildman–Crippen MR) is 129 cm³/mol.